The molecule has 3 aromatic carbocycles. The van der Waals surface area contributed by atoms with Gasteiger partial charge in [0.15, 0.2) is 5.78 Å². The number of hydrogen-bond donors (Lipinski definition) is 0. The fraction of sp³-hybridized carbons (Fsp3) is 0.344. The van der Waals surface area contributed by atoms with Gasteiger partial charge in [-0.2, -0.15) is 0 Å². The SMILES string of the molecule is CCn1c2ccc(C(=O)c3ccc(OCC4CCC(C)O4)cc3C)cc2c2cc(/C(C)=N/OC(C)=O)ccc21. The first-order valence-electron chi connectivity index (χ1n) is 13.5. The van der Waals surface area contributed by atoms with Gasteiger partial charge < -0.3 is 18.9 Å². The van der Waals surface area contributed by atoms with Crippen LogP contribution in [0.3, 0.4) is 0 Å². The average molecular weight is 527 g/mol. The number of hydrogen-bond acceptors (Lipinski definition) is 6. The van der Waals surface area contributed by atoms with Gasteiger partial charge in [-0.15, -0.1) is 0 Å². The molecular formula is C32H34N2O5. The number of benzene rings is 3. The second-order valence-electron chi connectivity index (χ2n) is 10.2. The predicted molar refractivity (Wildman–Crippen MR) is 153 cm³/mol. The van der Waals surface area contributed by atoms with E-state index in [2.05, 4.69) is 23.6 Å². The van der Waals surface area contributed by atoms with Crippen LogP contribution in [0.1, 0.15) is 67.6 Å². The molecule has 4 aromatic rings. The van der Waals surface area contributed by atoms with Gasteiger partial charge in [-0.25, -0.2) is 4.79 Å². The Bertz CT molecular complexity index is 1600. The minimum atomic E-state index is -0.464. The zero-order valence-electron chi connectivity index (χ0n) is 23.1. The largest absolute Gasteiger partial charge is 0.491 e. The minimum Gasteiger partial charge on any atom is -0.491 e. The van der Waals surface area contributed by atoms with Gasteiger partial charge in [-0.05, 0) is 100 Å². The molecule has 7 heteroatoms. The first-order chi connectivity index (χ1) is 18.7. The summed E-state index contributed by atoms with van der Waals surface area (Å²) in [5.74, 6) is 0.246. The van der Waals surface area contributed by atoms with Gasteiger partial charge in [-0.1, -0.05) is 11.2 Å². The highest BCUT2D eigenvalue weighted by atomic mass is 16.7. The summed E-state index contributed by atoms with van der Waals surface area (Å²) in [6, 6.07) is 17.5. The number of rotatable bonds is 8. The summed E-state index contributed by atoms with van der Waals surface area (Å²) < 4.78 is 14.0. The number of nitrogens with zero attached hydrogens (tertiary/aromatic N) is 2. The van der Waals surface area contributed by atoms with Crippen LogP contribution in [-0.2, 0) is 20.9 Å². The van der Waals surface area contributed by atoms with Crippen LogP contribution in [0.5, 0.6) is 5.75 Å². The van der Waals surface area contributed by atoms with Crippen molar-refractivity contribution in [1.82, 2.24) is 4.57 Å². The highest BCUT2D eigenvalue weighted by molar-refractivity contribution is 6.16. The predicted octanol–water partition coefficient (Wildman–Crippen LogP) is 6.59. The highest BCUT2D eigenvalue weighted by Gasteiger charge is 2.22. The van der Waals surface area contributed by atoms with Crippen LogP contribution in [0.2, 0.25) is 0 Å². The Morgan fingerprint density at radius 3 is 2.28 bits per heavy atom. The maximum absolute atomic E-state index is 13.6. The number of aryl methyl sites for hydroxylation is 2. The van der Waals surface area contributed by atoms with Gasteiger partial charge in [0.2, 0.25) is 0 Å². The van der Waals surface area contributed by atoms with E-state index >= 15 is 0 Å². The van der Waals surface area contributed by atoms with E-state index in [1.54, 1.807) is 6.92 Å². The molecule has 0 amide bonds. The molecule has 0 saturated carbocycles. The summed E-state index contributed by atoms with van der Waals surface area (Å²) in [6.07, 6.45) is 2.47. The van der Waals surface area contributed by atoms with Crippen LogP contribution < -0.4 is 4.74 Å². The van der Waals surface area contributed by atoms with E-state index in [1.165, 1.54) is 6.92 Å². The van der Waals surface area contributed by atoms with Crippen LogP contribution in [0.4, 0.5) is 0 Å². The number of fused-ring (bicyclic) bond motifs is 3. The first-order valence-corrected chi connectivity index (χ1v) is 13.5. The molecule has 0 N–H and O–H groups in total. The maximum atomic E-state index is 13.6. The topological polar surface area (TPSA) is 79.1 Å². The lowest BCUT2D eigenvalue weighted by Gasteiger charge is -2.14. The molecule has 0 bridgehead atoms. The average Bonchev–Trinajstić information content (AvgIpc) is 3.49. The quantitative estimate of drug-likeness (QED) is 0.112. The third-order valence-corrected chi connectivity index (χ3v) is 7.37. The zero-order chi connectivity index (χ0) is 27.7. The minimum absolute atomic E-state index is 0.0324. The summed E-state index contributed by atoms with van der Waals surface area (Å²) in [4.78, 5) is 29.6. The van der Waals surface area contributed by atoms with Crippen LogP contribution >= 0.6 is 0 Å². The molecule has 1 saturated heterocycles. The monoisotopic (exact) mass is 526 g/mol. The van der Waals surface area contributed by atoms with Gasteiger partial charge in [0.05, 0.1) is 17.9 Å². The summed E-state index contributed by atoms with van der Waals surface area (Å²) in [7, 11) is 0. The molecule has 2 heterocycles. The van der Waals surface area contributed by atoms with Gasteiger partial charge in [0.25, 0.3) is 0 Å². The Balaban J connectivity index is 1.45. The normalized spacial score (nSPS) is 17.6. The van der Waals surface area contributed by atoms with E-state index in [0.29, 0.717) is 23.4 Å². The molecule has 2 unspecified atom stereocenters. The molecule has 39 heavy (non-hydrogen) atoms. The standard InChI is InChI=1S/C32H34N2O5/c1-6-34-30-13-8-23(21(4)33-39-22(5)35)16-28(30)29-17-24(9-14-31(29)34)32(36)27-12-11-25(15-19(27)2)37-18-26-10-7-20(3)38-26/h8-9,11-17,20,26H,6-7,10,18H2,1-5H3/b33-21+. The number of aromatic nitrogens is 1. The summed E-state index contributed by atoms with van der Waals surface area (Å²) in [5.41, 5.74) is 5.71. The maximum Gasteiger partial charge on any atom is 0.331 e. The lowest BCUT2D eigenvalue weighted by molar-refractivity contribution is -0.140. The lowest BCUT2D eigenvalue weighted by atomic mass is 9.97. The molecule has 7 nitrogen and oxygen atoms in total. The molecule has 0 aliphatic carbocycles. The van der Waals surface area contributed by atoms with Crippen LogP contribution in [0.25, 0.3) is 21.8 Å². The highest BCUT2D eigenvalue weighted by Crippen LogP contribution is 2.32. The Hall–Kier alpha value is -3.97. The number of ketones is 1. The number of oxime groups is 1. The Morgan fingerprint density at radius 1 is 0.974 bits per heavy atom. The molecule has 0 radical (unpaired) electrons. The molecule has 202 valence electrons. The number of ether oxygens (including phenoxy) is 2. The smallest absolute Gasteiger partial charge is 0.331 e. The van der Waals surface area contributed by atoms with E-state index < -0.39 is 5.97 Å². The van der Waals surface area contributed by atoms with E-state index in [0.717, 1.165) is 58.1 Å². The fourth-order valence-corrected chi connectivity index (χ4v) is 5.33. The van der Waals surface area contributed by atoms with Crippen molar-refractivity contribution in [2.24, 2.45) is 5.16 Å². The molecule has 1 aromatic heterocycles. The Kier molecular flexibility index (Phi) is 7.53. The van der Waals surface area contributed by atoms with Gasteiger partial charge in [-0.3, -0.25) is 4.79 Å². The second kappa shape index (κ2) is 11.0. The van der Waals surface area contributed by atoms with Crippen LogP contribution in [0.15, 0.2) is 59.8 Å². The van der Waals surface area contributed by atoms with Crippen molar-refractivity contribution in [3.63, 3.8) is 0 Å². The molecule has 5 rings (SSSR count). The first kappa shape index (κ1) is 26.6. The zero-order valence-corrected chi connectivity index (χ0v) is 23.1. The summed E-state index contributed by atoms with van der Waals surface area (Å²) >= 11 is 0. The molecule has 0 spiro atoms. The van der Waals surface area contributed by atoms with Gasteiger partial charge >= 0.3 is 5.97 Å². The van der Waals surface area contributed by atoms with Gasteiger partial charge in [0, 0.05) is 46.4 Å². The van der Waals surface area contributed by atoms with Crippen LogP contribution in [0, 0.1) is 6.92 Å². The van der Waals surface area contributed by atoms with E-state index in [1.807, 2.05) is 61.5 Å². The van der Waals surface area contributed by atoms with Crippen molar-refractivity contribution >= 4 is 39.3 Å². The molecular weight excluding hydrogens is 492 g/mol. The molecule has 2 atom stereocenters. The number of carbonyl (C=O) groups is 2. The van der Waals surface area contributed by atoms with Crippen LogP contribution in [-0.4, -0.2) is 40.8 Å². The summed E-state index contributed by atoms with van der Waals surface area (Å²) in [6.45, 7) is 10.6. The molecule has 1 aliphatic heterocycles. The van der Waals surface area contributed by atoms with Crippen molar-refractivity contribution in [3.05, 3.63) is 76.9 Å². The lowest BCUT2D eigenvalue weighted by Crippen LogP contribution is -2.18. The Labute approximate surface area is 228 Å². The second-order valence-corrected chi connectivity index (χ2v) is 10.2. The Morgan fingerprint density at radius 2 is 1.67 bits per heavy atom. The van der Waals surface area contributed by atoms with Crippen molar-refractivity contribution in [1.29, 1.82) is 0 Å². The summed E-state index contributed by atoms with van der Waals surface area (Å²) in [5, 5.41) is 5.94. The molecule has 1 fully saturated rings. The van der Waals surface area contributed by atoms with Crippen molar-refractivity contribution in [2.45, 2.75) is 66.2 Å². The third-order valence-electron chi connectivity index (χ3n) is 7.37. The van der Waals surface area contributed by atoms with Crippen molar-refractivity contribution in [3.8, 4) is 5.75 Å². The number of carbonyl (C=O) groups excluding carboxylic acids is 2. The van der Waals surface area contributed by atoms with Crippen molar-refractivity contribution in [2.75, 3.05) is 6.61 Å². The van der Waals surface area contributed by atoms with Gasteiger partial charge in [0.1, 0.15) is 12.4 Å². The van der Waals surface area contributed by atoms with E-state index in [4.69, 9.17) is 14.3 Å². The van der Waals surface area contributed by atoms with E-state index in [9.17, 15) is 9.59 Å². The third kappa shape index (κ3) is 5.45. The fourth-order valence-electron chi connectivity index (χ4n) is 5.33. The van der Waals surface area contributed by atoms with E-state index in [-0.39, 0.29) is 18.0 Å². The van der Waals surface area contributed by atoms with Crippen molar-refractivity contribution < 1.29 is 23.9 Å². The molecule has 1 aliphatic rings.